The zero-order valence-electron chi connectivity index (χ0n) is 9.71. The maximum atomic E-state index is 4.53. The van der Waals surface area contributed by atoms with Gasteiger partial charge < -0.3 is 10.2 Å². The molecule has 0 radical (unpaired) electrons. The molecule has 2 heterocycles. The van der Waals surface area contributed by atoms with Gasteiger partial charge in [0.05, 0.1) is 0 Å². The van der Waals surface area contributed by atoms with E-state index in [1.807, 2.05) is 6.20 Å². The Balaban J connectivity index is 1.93. The van der Waals surface area contributed by atoms with Crippen molar-refractivity contribution < 1.29 is 0 Å². The number of aromatic nitrogens is 1. The van der Waals surface area contributed by atoms with Crippen LogP contribution in [0.15, 0.2) is 12.3 Å². The number of aryl methyl sites for hydroxylation is 1. The van der Waals surface area contributed by atoms with Gasteiger partial charge in [-0.05, 0) is 37.3 Å². The third kappa shape index (κ3) is 1.80. The minimum Gasteiger partial charge on any atom is -0.369 e. The van der Waals surface area contributed by atoms with Crippen molar-refractivity contribution in [1.29, 1.82) is 0 Å². The van der Waals surface area contributed by atoms with Crippen LogP contribution in [0.5, 0.6) is 0 Å². The predicted molar refractivity (Wildman–Crippen MR) is 66.0 cm³/mol. The first kappa shape index (κ1) is 10.1. The third-order valence-electron chi connectivity index (χ3n) is 3.67. The van der Waals surface area contributed by atoms with E-state index < -0.39 is 0 Å². The van der Waals surface area contributed by atoms with E-state index in [-0.39, 0.29) is 0 Å². The van der Waals surface area contributed by atoms with E-state index in [4.69, 9.17) is 0 Å². The van der Waals surface area contributed by atoms with Gasteiger partial charge in [-0.2, -0.15) is 0 Å². The average molecular weight is 217 g/mol. The molecule has 1 aliphatic carbocycles. The molecule has 1 aliphatic heterocycles. The molecule has 0 bridgehead atoms. The van der Waals surface area contributed by atoms with E-state index in [1.54, 1.807) is 0 Å². The first-order valence-electron chi connectivity index (χ1n) is 6.37. The lowest BCUT2D eigenvalue weighted by atomic mass is 9.94. The molecule has 2 aliphatic rings. The number of pyridine rings is 1. The molecule has 86 valence electrons. The van der Waals surface area contributed by atoms with Crippen molar-refractivity contribution in [1.82, 2.24) is 10.3 Å². The van der Waals surface area contributed by atoms with E-state index in [0.29, 0.717) is 0 Å². The zero-order chi connectivity index (χ0) is 10.8. The van der Waals surface area contributed by atoms with Crippen LogP contribution < -0.4 is 10.2 Å². The Kier molecular flexibility index (Phi) is 2.79. The number of nitrogens with one attached hydrogen (secondary N) is 1. The van der Waals surface area contributed by atoms with Crippen molar-refractivity contribution in [3.8, 4) is 0 Å². The van der Waals surface area contributed by atoms with Crippen molar-refractivity contribution in [2.45, 2.75) is 25.7 Å². The number of hydrogen-bond acceptors (Lipinski definition) is 3. The lowest BCUT2D eigenvalue weighted by Crippen LogP contribution is -2.44. The fourth-order valence-electron chi connectivity index (χ4n) is 2.81. The summed E-state index contributed by atoms with van der Waals surface area (Å²) in [6.45, 7) is 4.49. The molecule has 3 nitrogen and oxygen atoms in total. The van der Waals surface area contributed by atoms with Crippen LogP contribution in [0.3, 0.4) is 0 Å². The highest BCUT2D eigenvalue weighted by Crippen LogP contribution is 2.28. The second-order valence-corrected chi connectivity index (χ2v) is 4.70. The number of nitrogens with zero attached hydrogens (tertiary/aromatic N) is 2. The molecule has 0 saturated carbocycles. The minimum atomic E-state index is 1.11. The third-order valence-corrected chi connectivity index (χ3v) is 3.67. The molecule has 3 heteroatoms. The smallest absolute Gasteiger partial charge is 0.0456 e. The van der Waals surface area contributed by atoms with Crippen LogP contribution in [-0.2, 0) is 12.8 Å². The maximum absolute atomic E-state index is 4.53. The molecule has 0 spiro atoms. The first-order valence-corrected chi connectivity index (χ1v) is 6.37. The highest BCUT2D eigenvalue weighted by Gasteiger charge is 2.19. The van der Waals surface area contributed by atoms with Crippen LogP contribution in [-0.4, -0.2) is 31.2 Å². The van der Waals surface area contributed by atoms with Crippen LogP contribution in [0, 0.1) is 0 Å². The van der Waals surface area contributed by atoms with Gasteiger partial charge in [-0.1, -0.05) is 0 Å². The molecule has 1 saturated heterocycles. The largest absolute Gasteiger partial charge is 0.369 e. The first-order chi connectivity index (χ1) is 7.95. The highest BCUT2D eigenvalue weighted by atomic mass is 15.2. The summed E-state index contributed by atoms with van der Waals surface area (Å²) >= 11 is 0. The van der Waals surface area contributed by atoms with Crippen LogP contribution >= 0.6 is 0 Å². The normalized spacial score (nSPS) is 20.6. The maximum Gasteiger partial charge on any atom is 0.0456 e. The highest BCUT2D eigenvalue weighted by molar-refractivity contribution is 5.56. The molecule has 0 unspecified atom stereocenters. The summed E-state index contributed by atoms with van der Waals surface area (Å²) < 4.78 is 0. The van der Waals surface area contributed by atoms with E-state index >= 15 is 0 Å². The number of fused-ring (bicyclic) bond motifs is 1. The Bertz CT molecular complexity index is 369. The topological polar surface area (TPSA) is 28.2 Å². The molecule has 16 heavy (non-hydrogen) atoms. The molecule has 1 fully saturated rings. The summed E-state index contributed by atoms with van der Waals surface area (Å²) in [7, 11) is 0. The Labute approximate surface area is 96.9 Å². The molecule has 0 atom stereocenters. The lowest BCUT2D eigenvalue weighted by molar-refractivity contribution is 0.582. The zero-order valence-corrected chi connectivity index (χ0v) is 9.71. The Morgan fingerprint density at radius 2 is 1.94 bits per heavy atom. The van der Waals surface area contributed by atoms with Crippen LogP contribution in [0.4, 0.5) is 5.69 Å². The molecule has 1 aromatic rings. The van der Waals surface area contributed by atoms with Crippen LogP contribution in [0.25, 0.3) is 0 Å². The quantitative estimate of drug-likeness (QED) is 0.770. The molecular weight excluding hydrogens is 198 g/mol. The number of anilines is 1. The Hall–Kier alpha value is -1.09. The van der Waals surface area contributed by atoms with Crippen molar-refractivity contribution in [2.75, 3.05) is 31.1 Å². The summed E-state index contributed by atoms with van der Waals surface area (Å²) in [6, 6.07) is 2.20. The second-order valence-electron chi connectivity index (χ2n) is 4.70. The summed E-state index contributed by atoms with van der Waals surface area (Å²) in [6.07, 6.45) is 7.03. The summed E-state index contributed by atoms with van der Waals surface area (Å²) in [5, 5.41) is 3.41. The van der Waals surface area contributed by atoms with E-state index in [2.05, 4.69) is 21.3 Å². The molecule has 0 aromatic carbocycles. The lowest BCUT2D eigenvalue weighted by Gasteiger charge is -2.32. The van der Waals surface area contributed by atoms with Crippen molar-refractivity contribution >= 4 is 5.69 Å². The standard InChI is InChI=1S/C13H19N3/c1-2-4-12-11(3-1)13(5-6-15-12)16-9-7-14-8-10-16/h5-6,14H,1-4,7-10H2. The Morgan fingerprint density at radius 3 is 2.81 bits per heavy atom. The van der Waals surface area contributed by atoms with Gasteiger partial charge in [-0.15, -0.1) is 0 Å². The number of rotatable bonds is 1. The molecular formula is C13H19N3. The average Bonchev–Trinajstić information content (AvgIpc) is 2.39. The summed E-state index contributed by atoms with van der Waals surface area (Å²) in [4.78, 5) is 7.05. The molecule has 3 rings (SSSR count). The van der Waals surface area contributed by atoms with Gasteiger partial charge in [0.15, 0.2) is 0 Å². The minimum absolute atomic E-state index is 1.11. The molecule has 1 aromatic heterocycles. The molecule has 1 N–H and O–H groups in total. The number of hydrogen-bond donors (Lipinski definition) is 1. The van der Waals surface area contributed by atoms with Gasteiger partial charge in [-0.3, -0.25) is 4.98 Å². The fraction of sp³-hybridized carbons (Fsp3) is 0.615. The van der Waals surface area contributed by atoms with Crippen LogP contribution in [0.2, 0.25) is 0 Å². The van der Waals surface area contributed by atoms with E-state index in [0.717, 1.165) is 26.2 Å². The summed E-state index contributed by atoms with van der Waals surface area (Å²) in [5.74, 6) is 0. The van der Waals surface area contributed by atoms with Gasteiger partial charge in [0.1, 0.15) is 0 Å². The van der Waals surface area contributed by atoms with E-state index in [9.17, 15) is 0 Å². The van der Waals surface area contributed by atoms with Crippen molar-refractivity contribution in [2.24, 2.45) is 0 Å². The second kappa shape index (κ2) is 4.42. The molecule has 0 amide bonds. The van der Waals surface area contributed by atoms with Crippen molar-refractivity contribution in [3.05, 3.63) is 23.5 Å². The van der Waals surface area contributed by atoms with Crippen LogP contribution in [0.1, 0.15) is 24.1 Å². The number of piperazine rings is 1. The monoisotopic (exact) mass is 217 g/mol. The SMILES string of the molecule is c1cc(N2CCNCC2)c2c(n1)CCCC2. The van der Waals surface area contributed by atoms with Gasteiger partial charge >= 0.3 is 0 Å². The van der Waals surface area contributed by atoms with Crippen molar-refractivity contribution in [3.63, 3.8) is 0 Å². The fourth-order valence-corrected chi connectivity index (χ4v) is 2.81. The van der Waals surface area contributed by atoms with E-state index in [1.165, 1.54) is 42.6 Å². The summed E-state index contributed by atoms with van der Waals surface area (Å²) in [5.41, 5.74) is 4.32. The predicted octanol–water partition coefficient (Wildman–Crippen LogP) is 1.37. The van der Waals surface area contributed by atoms with Gasteiger partial charge in [0, 0.05) is 43.8 Å². The van der Waals surface area contributed by atoms with Gasteiger partial charge in [0.25, 0.3) is 0 Å². The van der Waals surface area contributed by atoms with Gasteiger partial charge in [0.2, 0.25) is 0 Å². The Morgan fingerprint density at radius 1 is 1.12 bits per heavy atom. The van der Waals surface area contributed by atoms with Gasteiger partial charge in [-0.25, -0.2) is 0 Å².